The Bertz CT molecular complexity index is 1230. The zero-order chi connectivity index (χ0) is 22.8. The van der Waals surface area contributed by atoms with Crippen molar-refractivity contribution in [2.24, 2.45) is 0 Å². The number of carbonyl (C=O) groups excluding carboxylic acids is 2. The van der Waals surface area contributed by atoms with Crippen molar-refractivity contribution in [3.63, 3.8) is 0 Å². The third-order valence-electron chi connectivity index (χ3n) is 6.72. The van der Waals surface area contributed by atoms with E-state index in [-0.39, 0.29) is 36.4 Å². The number of amides is 2. The smallest absolute Gasteiger partial charge is 0.277 e. The van der Waals surface area contributed by atoms with E-state index in [1.807, 2.05) is 59.5 Å². The summed E-state index contributed by atoms with van der Waals surface area (Å²) in [4.78, 5) is 47.7. The average Bonchev–Trinajstić information content (AvgIpc) is 3.56. The van der Waals surface area contributed by atoms with Gasteiger partial charge in [0.05, 0.1) is 11.0 Å². The molecule has 0 spiro atoms. The van der Waals surface area contributed by atoms with E-state index in [2.05, 4.69) is 4.98 Å². The van der Waals surface area contributed by atoms with Crippen LogP contribution in [0.15, 0.2) is 59.4 Å². The Hall–Kier alpha value is -3.48. The van der Waals surface area contributed by atoms with Crippen LogP contribution < -0.4 is 5.56 Å². The number of nitrogens with zero attached hydrogens (tertiary/aromatic N) is 4. The van der Waals surface area contributed by atoms with E-state index in [1.54, 1.807) is 9.47 Å². The van der Waals surface area contributed by atoms with Crippen molar-refractivity contribution in [2.45, 2.75) is 44.7 Å². The lowest BCUT2D eigenvalue weighted by Gasteiger charge is -2.28. The van der Waals surface area contributed by atoms with E-state index >= 15 is 0 Å². The van der Waals surface area contributed by atoms with Crippen LogP contribution in [-0.4, -0.2) is 56.8 Å². The van der Waals surface area contributed by atoms with Gasteiger partial charge in [0.15, 0.2) is 0 Å². The molecule has 5 rings (SSSR count). The van der Waals surface area contributed by atoms with Crippen LogP contribution in [0.5, 0.6) is 0 Å². The number of fused-ring (bicyclic) bond motifs is 1. The number of aromatic nitrogens is 2. The molecule has 2 amide bonds. The maximum atomic E-state index is 13.4. The van der Waals surface area contributed by atoms with Crippen LogP contribution >= 0.6 is 0 Å². The van der Waals surface area contributed by atoms with Gasteiger partial charge in [-0.2, -0.15) is 0 Å². The van der Waals surface area contributed by atoms with Gasteiger partial charge in [-0.05, 0) is 37.8 Å². The van der Waals surface area contributed by atoms with E-state index in [9.17, 15) is 14.4 Å². The zero-order valence-corrected chi connectivity index (χ0v) is 18.7. The summed E-state index contributed by atoms with van der Waals surface area (Å²) in [5.74, 6) is 0.00958. The van der Waals surface area contributed by atoms with Crippen LogP contribution in [0.3, 0.4) is 0 Å². The van der Waals surface area contributed by atoms with Crippen LogP contribution in [0.2, 0.25) is 0 Å². The number of aryl methyl sites for hydroxylation is 1. The molecule has 2 aliphatic heterocycles. The fourth-order valence-electron chi connectivity index (χ4n) is 5.02. The zero-order valence-electron chi connectivity index (χ0n) is 18.7. The van der Waals surface area contributed by atoms with Crippen molar-refractivity contribution in [3.05, 3.63) is 65.0 Å². The fourth-order valence-corrected chi connectivity index (χ4v) is 5.02. The predicted molar refractivity (Wildman–Crippen MR) is 127 cm³/mol. The molecule has 33 heavy (non-hydrogen) atoms. The van der Waals surface area contributed by atoms with Crippen molar-refractivity contribution >= 4 is 22.8 Å². The predicted octanol–water partition coefficient (Wildman–Crippen LogP) is 3.07. The van der Waals surface area contributed by atoms with Gasteiger partial charge in [0.2, 0.25) is 11.8 Å². The fraction of sp³-hybridized carbons (Fsp3) is 0.385. The molecule has 0 N–H and O–H groups in total. The van der Waals surface area contributed by atoms with E-state index in [1.165, 1.54) is 0 Å². The van der Waals surface area contributed by atoms with E-state index in [0.717, 1.165) is 44.3 Å². The van der Waals surface area contributed by atoms with E-state index in [0.29, 0.717) is 23.3 Å². The lowest BCUT2D eigenvalue weighted by atomic mass is 10.1. The molecule has 1 aromatic heterocycles. The molecule has 0 saturated carbocycles. The van der Waals surface area contributed by atoms with Gasteiger partial charge < -0.3 is 14.4 Å². The highest BCUT2D eigenvalue weighted by atomic mass is 16.2. The molecule has 7 nitrogen and oxygen atoms in total. The number of rotatable bonds is 5. The summed E-state index contributed by atoms with van der Waals surface area (Å²) in [6, 6.07) is 16.5. The van der Waals surface area contributed by atoms with Gasteiger partial charge in [0.1, 0.15) is 11.7 Å². The van der Waals surface area contributed by atoms with Crippen molar-refractivity contribution < 1.29 is 9.59 Å². The third-order valence-corrected chi connectivity index (χ3v) is 6.72. The summed E-state index contributed by atoms with van der Waals surface area (Å²) < 4.78 is 1.65. The lowest BCUT2D eigenvalue weighted by Crippen LogP contribution is -2.47. The van der Waals surface area contributed by atoms with E-state index in [4.69, 9.17) is 0 Å². The minimum atomic E-state index is -0.360. The molecule has 170 valence electrons. The molecule has 2 aromatic carbocycles. The van der Waals surface area contributed by atoms with Gasteiger partial charge >= 0.3 is 0 Å². The monoisotopic (exact) mass is 444 g/mol. The topological polar surface area (TPSA) is 75.5 Å². The number of likely N-dealkylation sites (tertiary alicyclic amines) is 2. The summed E-state index contributed by atoms with van der Waals surface area (Å²) in [6.07, 6.45) is 3.80. The number of benzene rings is 2. The Kier molecular flexibility index (Phi) is 5.94. The van der Waals surface area contributed by atoms with Gasteiger partial charge in [-0.15, -0.1) is 0 Å². The summed E-state index contributed by atoms with van der Waals surface area (Å²) in [5, 5.41) is 0. The minimum absolute atomic E-state index is 0.0703. The second-order valence-corrected chi connectivity index (χ2v) is 8.80. The van der Waals surface area contributed by atoms with Crippen molar-refractivity contribution in [1.29, 1.82) is 0 Å². The summed E-state index contributed by atoms with van der Waals surface area (Å²) >= 11 is 0. The van der Waals surface area contributed by atoms with Gasteiger partial charge in [0.25, 0.3) is 5.56 Å². The van der Waals surface area contributed by atoms with Gasteiger partial charge in [0, 0.05) is 38.2 Å². The molecule has 3 aromatic rings. The van der Waals surface area contributed by atoms with Gasteiger partial charge in [-0.1, -0.05) is 42.5 Å². The summed E-state index contributed by atoms with van der Waals surface area (Å²) in [6.45, 7) is 2.43. The molecule has 7 heteroatoms. The van der Waals surface area contributed by atoms with E-state index < -0.39 is 0 Å². The van der Waals surface area contributed by atoms with Gasteiger partial charge in [-0.3, -0.25) is 14.4 Å². The Morgan fingerprint density at radius 1 is 0.909 bits per heavy atom. The van der Waals surface area contributed by atoms with Crippen LogP contribution in [0.4, 0.5) is 0 Å². The lowest BCUT2D eigenvalue weighted by molar-refractivity contribution is -0.143. The number of hydrogen-bond acceptors (Lipinski definition) is 4. The standard InChI is InChI=1S/C26H28N4O3/c31-23(29-17-8-13-22(29)25(32)28-15-6-7-16-28)14-18-30-21-12-5-4-11-20(21)27-24(26(30)33)19-9-2-1-3-10-19/h1-5,9-12,22H,6-8,13-18H2. The van der Waals surface area contributed by atoms with Crippen LogP contribution in [0.1, 0.15) is 32.1 Å². The van der Waals surface area contributed by atoms with Crippen molar-refractivity contribution in [2.75, 3.05) is 19.6 Å². The Balaban J connectivity index is 1.40. The van der Waals surface area contributed by atoms with Crippen molar-refractivity contribution in [3.8, 4) is 11.3 Å². The second-order valence-electron chi connectivity index (χ2n) is 8.80. The number of para-hydroxylation sites is 2. The molecule has 0 bridgehead atoms. The Morgan fingerprint density at radius 3 is 2.42 bits per heavy atom. The first kappa shape index (κ1) is 21.4. The van der Waals surface area contributed by atoms with Crippen LogP contribution in [0, 0.1) is 0 Å². The second kappa shape index (κ2) is 9.17. The molecule has 2 saturated heterocycles. The number of carbonyl (C=O) groups is 2. The molecule has 2 aliphatic rings. The van der Waals surface area contributed by atoms with Crippen LogP contribution in [-0.2, 0) is 16.1 Å². The Morgan fingerprint density at radius 2 is 1.64 bits per heavy atom. The summed E-state index contributed by atoms with van der Waals surface area (Å²) in [5.41, 5.74) is 2.35. The first-order chi connectivity index (χ1) is 16.1. The average molecular weight is 445 g/mol. The summed E-state index contributed by atoms with van der Waals surface area (Å²) in [7, 11) is 0. The first-order valence-corrected chi connectivity index (χ1v) is 11.8. The minimum Gasteiger partial charge on any atom is -0.341 e. The molecular formula is C26H28N4O3. The maximum Gasteiger partial charge on any atom is 0.277 e. The van der Waals surface area contributed by atoms with Gasteiger partial charge in [-0.25, -0.2) is 4.98 Å². The molecule has 1 unspecified atom stereocenters. The molecule has 0 radical (unpaired) electrons. The SMILES string of the molecule is O=C(C1CCCN1C(=O)CCn1c(=O)c(-c2ccccc2)nc2ccccc21)N1CCCC1. The third kappa shape index (κ3) is 4.15. The maximum absolute atomic E-state index is 13.4. The largest absolute Gasteiger partial charge is 0.341 e. The first-order valence-electron chi connectivity index (χ1n) is 11.8. The number of hydrogen-bond donors (Lipinski definition) is 0. The quantitative estimate of drug-likeness (QED) is 0.606. The van der Waals surface area contributed by atoms with Crippen molar-refractivity contribution in [1.82, 2.24) is 19.4 Å². The highest BCUT2D eigenvalue weighted by molar-refractivity contribution is 5.88. The molecule has 2 fully saturated rings. The molecule has 1 atom stereocenters. The Labute approximate surface area is 192 Å². The normalized spacial score (nSPS) is 18.2. The highest BCUT2D eigenvalue weighted by Gasteiger charge is 2.36. The molecule has 0 aliphatic carbocycles. The highest BCUT2D eigenvalue weighted by Crippen LogP contribution is 2.23. The molecular weight excluding hydrogens is 416 g/mol. The molecule has 3 heterocycles. The van der Waals surface area contributed by atoms with Crippen LogP contribution in [0.25, 0.3) is 22.3 Å².